The molecule has 24 heavy (non-hydrogen) atoms. The second kappa shape index (κ2) is 6.92. The lowest BCUT2D eigenvalue weighted by atomic mass is 9.90. The number of rotatable bonds is 3. The van der Waals surface area contributed by atoms with Gasteiger partial charge in [-0.2, -0.15) is 0 Å². The third-order valence-electron chi connectivity index (χ3n) is 5.55. The topological polar surface area (TPSA) is 18.5 Å². The second-order valence-electron chi connectivity index (χ2n) is 6.95. The highest BCUT2D eigenvalue weighted by atomic mass is 127. The summed E-state index contributed by atoms with van der Waals surface area (Å²) >= 11 is 0. The summed E-state index contributed by atoms with van der Waals surface area (Å²) < 4.78 is 12.9. The van der Waals surface area contributed by atoms with Gasteiger partial charge in [-0.3, -0.25) is 0 Å². The number of nitrogens with zero attached hydrogens (tertiary/aromatic N) is 1. The lowest BCUT2D eigenvalue weighted by Crippen LogP contribution is -3.00. The maximum atomic E-state index is 6.12. The predicted molar refractivity (Wildman–Crippen MR) is 91.1 cm³/mol. The minimum atomic E-state index is 0. The van der Waals surface area contributed by atoms with Crippen LogP contribution in [-0.4, -0.2) is 31.7 Å². The van der Waals surface area contributed by atoms with E-state index in [0.717, 1.165) is 23.7 Å². The van der Waals surface area contributed by atoms with E-state index < -0.39 is 0 Å². The van der Waals surface area contributed by atoms with Crippen molar-refractivity contribution < 1.29 is 37.9 Å². The molecule has 0 saturated carbocycles. The van der Waals surface area contributed by atoms with Crippen molar-refractivity contribution in [2.75, 3.05) is 27.2 Å². The van der Waals surface area contributed by atoms with Crippen molar-refractivity contribution in [1.29, 1.82) is 0 Å². The Bertz CT molecular complexity index is 719. The van der Waals surface area contributed by atoms with Gasteiger partial charge in [-0.15, -0.1) is 0 Å². The Labute approximate surface area is 161 Å². The molecule has 128 valence electrons. The van der Waals surface area contributed by atoms with Gasteiger partial charge >= 0.3 is 0 Å². The molecule has 2 aliphatic rings. The van der Waals surface area contributed by atoms with Gasteiger partial charge in [0.1, 0.15) is 11.8 Å². The van der Waals surface area contributed by atoms with E-state index in [1.54, 1.807) is 7.11 Å². The molecule has 1 saturated heterocycles. The van der Waals surface area contributed by atoms with Crippen LogP contribution in [0.1, 0.15) is 30.0 Å². The Kier molecular flexibility index (Phi) is 5.06. The van der Waals surface area contributed by atoms with E-state index in [-0.39, 0.29) is 24.0 Å². The molecule has 0 amide bonds. The fraction of sp³-hybridized carbons (Fsp3) is 0.400. The summed E-state index contributed by atoms with van der Waals surface area (Å²) in [6, 6.07) is 15.0. The molecule has 2 heterocycles. The van der Waals surface area contributed by atoms with Gasteiger partial charge in [-0.1, -0.05) is 18.2 Å². The van der Waals surface area contributed by atoms with E-state index in [1.165, 1.54) is 41.5 Å². The average molecular weight is 437 g/mol. The van der Waals surface area contributed by atoms with Gasteiger partial charge in [0, 0.05) is 24.8 Å². The van der Waals surface area contributed by atoms with Crippen LogP contribution in [0.25, 0.3) is 0 Å². The highest BCUT2D eigenvalue weighted by Crippen LogP contribution is 2.46. The molecule has 0 N–H and O–H groups in total. The summed E-state index contributed by atoms with van der Waals surface area (Å²) in [6.45, 7) is 2.53. The summed E-state index contributed by atoms with van der Waals surface area (Å²) in [5.41, 5.74) is 2.90. The molecular formula is C20H24INO2. The lowest BCUT2D eigenvalue weighted by Gasteiger charge is -2.41. The molecule has 4 heteroatoms. The Morgan fingerprint density at radius 3 is 2.58 bits per heavy atom. The van der Waals surface area contributed by atoms with Crippen molar-refractivity contribution >= 4 is 0 Å². The Hall–Kier alpha value is -1.27. The summed E-state index contributed by atoms with van der Waals surface area (Å²) in [5.74, 6) is 2.52. The van der Waals surface area contributed by atoms with Crippen molar-refractivity contribution in [2.24, 2.45) is 0 Å². The first-order chi connectivity index (χ1) is 11.2. The number of methoxy groups -OCH3 is 1. The number of ether oxygens (including phenoxy) is 2. The fourth-order valence-corrected chi connectivity index (χ4v) is 4.25. The summed E-state index contributed by atoms with van der Waals surface area (Å²) in [7, 11) is 4.13. The van der Waals surface area contributed by atoms with Crippen LogP contribution in [0.2, 0.25) is 0 Å². The second-order valence-corrected chi connectivity index (χ2v) is 6.95. The monoisotopic (exact) mass is 437 g/mol. The number of para-hydroxylation sites is 1. The van der Waals surface area contributed by atoms with Crippen LogP contribution in [0.15, 0.2) is 42.5 Å². The van der Waals surface area contributed by atoms with Crippen molar-refractivity contribution in [2.45, 2.75) is 25.3 Å². The van der Waals surface area contributed by atoms with Gasteiger partial charge < -0.3 is 37.9 Å². The maximum Gasteiger partial charge on any atom is 0.169 e. The number of fused-ring (bicyclic) bond motifs is 3. The molecule has 2 aromatic rings. The first-order valence-corrected chi connectivity index (χ1v) is 8.47. The van der Waals surface area contributed by atoms with Gasteiger partial charge in [0.05, 0.1) is 27.2 Å². The van der Waals surface area contributed by atoms with Gasteiger partial charge in [0.25, 0.3) is 0 Å². The Morgan fingerprint density at radius 2 is 1.83 bits per heavy atom. The van der Waals surface area contributed by atoms with Crippen molar-refractivity contribution in [3.05, 3.63) is 53.6 Å². The first-order valence-electron chi connectivity index (χ1n) is 8.47. The molecule has 0 spiro atoms. The lowest BCUT2D eigenvalue weighted by molar-refractivity contribution is -0.928. The minimum absolute atomic E-state index is 0. The molecule has 0 aliphatic carbocycles. The number of halogens is 1. The van der Waals surface area contributed by atoms with Crippen LogP contribution in [-0.2, 0) is 6.42 Å². The van der Waals surface area contributed by atoms with Crippen molar-refractivity contribution in [3.8, 4) is 17.2 Å². The summed E-state index contributed by atoms with van der Waals surface area (Å²) in [6.07, 6.45) is 3.73. The number of hydrogen-bond acceptors (Lipinski definition) is 2. The first kappa shape index (κ1) is 17.5. The minimum Gasteiger partial charge on any atom is -1.00 e. The summed E-state index contributed by atoms with van der Waals surface area (Å²) in [5, 5.41) is 0. The zero-order valence-electron chi connectivity index (χ0n) is 14.3. The van der Waals surface area contributed by atoms with E-state index in [9.17, 15) is 0 Å². The Morgan fingerprint density at radius 1 is 1.04 bits per heavy atom. The highest BCUT2D eigenvalue weighted by Gasteiger charge is 2.43. The molecule has 0 aromatic heterocycles. The van der Waals surface area contributed by atoms with E-state index in [4.69, 9.17) is 9.47 Å². The average Bonchev–Trinajstić information content (AvgIpc) is 2.97. The SMILES string of the molecule is COc1cc2c(cc1Oc1ccccc1)C1CCC[N+]1(C)CC2.[I-]. The van der Waals surface area contributed by atoms with E-state index in [2.05, 4.69) is 19.2 Å². The van der Waals surface area contributed by atoms with Gasteiger partial charge in [0.15, 0.2) is 11.5 Å². The molecule has 2 aliphatic heterocycles. The third kappa shape index (κ3) is 3.02. The van der Waals surface area contributed by atoms with Crippen LogP contribution in [0.5, 0.6) is 17.2 Å². The maximum absolute atomic E-state index is 6.12. The van der Waals surface area contributed by atoms with Crippen LogP contribution >= 0.6 is 0 Å². The van der Waals surface area contributed by atoms with Gasteiger partial charge in [-0.25, -0.2) is 0 Å². The van der Waals surface area contributed by atoms with Gasteiger partial charge in [0.2, 0.25) is 0 Å². The smallest absolute Gasteiger partial charge is 0.169 e. The van der Waals surface area contributed by atoms with Crippen molar-refractivity contribution in [1.82, 2.24) is 0 Å². The molecular weight excluding hydrogens is 413 g/mol. The van der Waals surface area contributed by atoms with Crippen LogP contribution in [0.3, 0.4) is 0 Å². The number of hydrogen-bond donors (Lipinski definition) is 0. The van der Waals surface area contributed by atoms with Crippen molar-refractivity contribution in [3.63, 3.8) is 0 Å². The highest BCUT2D eigenvalue weighted by molar-refractivity contribution is 5.50. The number of quaternary nitrogens is 1. The zero-order valence-corrected chi connectivity index (χ0v) is 16.5. The summed E-state index contributed by atoms with van der Waals surface area (Å²) in [4.78, 5) is 0. The quantitative estimate of drug-likeness (QED) is 0.533. The Balaban J connectivity index is 0.00000169. The molecule has 4 rings (SSSR count). The third-order valence-corrected chi connectivity index (χ3v) is 5.55. The zero-order chi connectivity index (χ0) is 15.9. The number of likely N-dealkylation sites (N-methyl/N-ethyl adjacent to an activating group) is 1. The van der Waals surface area contributed by atoms with Gasteiger partial charge in [-0.05, 0) is 29.8 Å². The fourth-order valence-electron chi connectivity index (χ4n) is 4.25. The van der Waals surface area contributed by atoms with Crippen LogP contribution in [0, 0.1) is 0 Å². The van der Waals surface area contributed by atoms with Crippen LogP contribution < -0.4 is 33.5 Å². The molecule has 0 radical (unpaired) electrons. The normalized spacial score (nSPS) is 24.5. The molecule has 2 aromatic carbocycles. The molecule has 2 unspecified atom stereocenters. The van der Waals surface area contributed by atoms with Crippen LogP contribution in [0.4, 0.5) is 0 Å². The van der Waals surface area contributed by atoms with E-state index in [0.29, 0.717) is 6.04 Å². The molecule has 3 nitrogen and oxygen atoms in total. The molecule has 1 fully saturated rings. The molecule has 0 bridgehead atoms. The molecule has 2 atom stereocenters. The van der Waals surface area contributed by atoms with E-state index >= 15 is 0 Å². The largest absolute Gasteiger partial charge is 1.00 e. The number of benzene rings is 2. The standard InChI is InChI=1S/C20H24NO2.HI/c1-21-11-6-9-18(21)17-14-20(23-16-7-4-3-5-8-16)19(22-2)13-15(17)10-12-21;/h3-5,7-8,13-14,18H,6,9-12H2,1-2H3;1H/q+1;/p-1. The predicted octanol–water partition coefficient (Wildman–Crippen LogP) is 1.33. The van der Waals surface area contributed by atoms with E-state index in [1.807, 2.05) is 30.3 Å².